The number of benzene rings is 2. The lowest BCUT2D eigenvalue weighted by Gasteiger charge is -2.09. The van der Waals surface area contributed by atoms with E-state index in [0.717, 1.165) is 18.8 Å². The molecule has 0 bridgehead atoms. The third kappa shape index (κ3) is 5.71. The Morgan fingerprint density at radius 2 is 1.93 bits per heavy atom. The molecule has 0 unspecified atom stereocenters. The zero-order valence-electron chi connectivity index (χ0n) is 15.6. The molecule has 2 aromatic carbocycles. The van der Waals surface area contributed by atoms with Gasteiger partial charge in [-0.05, 0) is 59.3 Å². The number of nitrogens with one attached hydrogen (secondary N) is 1. The molecule has 0 aliphatic heterocycles. The van der Waals surface area contributed by atoms with Crippen molar-refractivity contribution in [1.82, 2.24) is 5.43 Å². The van der Waals surface area contributed by atoms with Crippen LogP contribution < -0.4 is 10.2 Å². The Bertz CT molecular complexity index is 1130. The minimum atomic E-state index is -0.505. The lowest BCUT2D eigenvalue weighted by molar-refractivity contribution is -0.145. The van der Waals surface area contributed by atoms with Crippen LogP contribution in [0.25, 0.3) is 11.0 Å². The summed E-state index contributed by atoms with van der Waals surface area (Å²) in [5.74, 6) is -0.440. The van der Waals surface area contributed by atoms with Crippen LogP contribution in [-0.4, -0.2) is 31.3 Å². The van der Waals surface area contributed by atoms with Gasteiger partial charge in [-0.2, -0.15) is 5.10 Å². The van der Waals surface area contributed by atoms with Gasteiger partial charge >= 0.3 is 11.9 Å². The monoisotopic (exact) mass is 600 g/mol. The molecule has 0 spiro atoms. The second-order valence-corrected chi connectivity index (χ2v) is 8.58. The van der Waals surface area contributed by atoms with Crippen LogP contribution in [0, 0.1) is 0 Å². The van der Waals surface area contributed by atoms with E-state index in [1.54, 1.807) is 31.2 Å². The number of nitrogens with zero attached hydrogens (tertiary/aromatic N) is 1. The summed E-state index contributed by atoms with van der Waals surface area (Å²) < 4.78 is 18.3. The smallest absolute Gasteiger partial charge is 0.344 e. The van der Waals surface area contributed by atoms with Gasteiger partial charge in [0.1, 0.15) is 11.3 Å². The number of hydrogen-bond acceptors (Lipinski definition) is 6. The Morgan fingerprint density at radius 3 is 2.70 bits per heavy atom. The molecule has 3 rings (SSSR count). The predicted molar refractivity (Wildman–Crippen MR) is 123 cm³/mol. The molecule has 10 heteroatoms. The first-order valence-corrected chi connectivity index (χ1v) is 11.0. The molecule has 1 aromatic heterocycles. The van der Waals surface area contributed by atoms with Gasteiger partial charge in [-0.15, -0.1) is 0 Å². The maximum atomic E-state index is 12.4. The van der Waals surface area contributed by atoms with Crippen molar-refractivity contribution in [2.24, 2.45) is 5.10 Å². The van der Waals surface area contributed by atoms with Gasteiger partial charge in [0.2, 0.25) is 0 Å². The molecule has 0 fully saturated rings. The van der Waals surface area contributed by atoms with Crippen molar-refractivity contribution in [3.63, 3.8) is 0 Å². The number of ether oxygens (including phenoxy) is 2. The Kier molecular flexibility index (Phi) is 7.68. The average molecular weight is 603 g/mol. The van der Waals surface area contributed by atoms with Crippen molar-refractivity contribution in [3.8, 4) is 5.75 Å². The number of rotatable bonds is 7. The minimum absolute atomic E-state index is 0.119. The van der Waals surface area contributed by atoms with Crippen LogP contribution in [0.15, 0.2) is 59.3 Å². The van der Waals surface area contributed by atoms with E-state index in [-0.39, 0.29) is 19.0 Å². The normalized spacial score (nSPS) is 11.1. The highest BCUT2D eigenvalue weighted by Crippen LogP contribution is 2.31. The zero-order valence-corrected chi connectivity index (χ0v) is 20.3. The molecule has 1 amide bonds. The number of amides is 1. The molecule has 30 heavy (non-hydrogen) atoms. The van der Waals surface area contributed by atoms with Gasteiger partial charge in [0, 0.05) is 19.9 Å². The third-order valence-electron chi connectivity index (χ3n) is 3.75. The second kappa shape index (κ2) is 10.2. The summed E-state index contributed by atoms with van der Waals surface area (Å²) >= 11 is 10.2. The number of halogens is 3. The third-order valence-corrected chi connectivity index (χ3v) is 5.29. The number of carbonyl (C=O) groups excluding carboxylic acids is 2. The van der Waals surface area contributed by atoms with E-state index in [1.807, 2.05) is 12.1 Å². The molecule has 156 valence electrons. The summed E-state index contributed by atoms with van der Waals surface area (Å²) in [5.41, 5.74) is 3.55. The molecule has 1 N–H and O–H groups in total. The largest absolute Gasteiger partial charge is 0.481 e. The van der Waals surface area contributed by atoms with E-state index in [1.165, 1.54) is 6.21 Å². The SMILES string of the molecule is CCOC(=O)COc1ccc(Br)cc1/C=N\NC(=O)c1cc2cc(Br)cc(Br)c2o1. The zero-order chi connectivity index (χ0) is 21.7. The lowest BCUT2D eigenvalue weighted by Crippen LogP contribution is -2.17. The number of hydrogen-bond donors (Lipinski definition) is 1. The van der Waals surface area contributed by atoms with E-state index in [9.17, 15) is 9.59 Å². The summed E-state index contributed by atoms with van der Waals surface area (Å²) in [7, 11) is 0. The maximum absolute atomic E-state index is 12.4. The highest BCUT2D eigenvalue weighted by molar-refractivity contribution is 9.11. The molecule has 7 nitrogen and oxygen atoms in total. The minimum Gasteiger partial charge on any atom is -0.481 e. The number of carbonyl (C=O) groups is 2. The van der Waals surface area contributed by atoms with Crippen LogP contribution in [0.1, 0.15) is 23.0 Å². The molecule has 1 heterocycles. The van der Waals surface area contributed by atoms with Crippen molar-refractivity contribution < 1.29 is 23.5 Å². The van der Waals surface area contributed by atoms with Crippen molar-refractivity contribution >= 4 is 76.9 Å². The fourth-order valence-electron chi connectivity index (χ4n) is 2.49. The van der Waals surface area contributed by atoms with Gasteiger partial charge in [0.15, 0.2) is 12.4 Å². The Balaban J connectivity index is 1.71. The highest BCUT2D eigenvalue weighted by atomic mass is 79.9. The summed E-state index contributed by atoms with van der Waals surface area (Å²) in [6, 6.07) is 10.5. The van der Waals surface area contributed by atoms with E-state index >= 15 is 0 Å². The summed E-state index contributed by atoms with van der Waals surface area (Å²) in [6.45, 7) is 1.77. The molecule has 3 aromatic rings. The summed E-state index contributed by atoms with van der Waals surface area (Å²) in [4.78, 5) is 23.9. The van der Waals surface area contributed by atoms with Gasteiger partial charge < -0.3 is 13.9 Å². The lowest BCUT2D eigenvalue weighted by atomic mass is 10.2. The molecule has 0 radical (unpaired) electrons. The van der Waals surface area contributed by atoms with Gasteiger partial charge in [0.05, 0.1) is 17.3 Å². The first-order chi connectivity index (χ1) is 14.4. The molecule has 0 saturated heterocycles. The first-order valence-electron chi connectivity index (χ1n) is 8.67. The Labute approximate surface area is 197 Å². The van der Waals surface area contributed by atoms with E-state index in [4.69, 9.17) is 13.9 Å². The maximum Gasteiger partial charge on any atom is 0.344 e. The topological polar surface area (TPSA) is 90.1 Å². The molecule has 0 aliphatic rings. The standard InChI is InChI=1S/C20H15Br3N2O5/c1-2-28-18(26)10-29-16-4-3-13(21)6-12(16)9-24-25-20(27)17-7-11-5-14(22)8-15(23)19(11)30-17/h3-9H,2,10H2,1H3,(H,25,27)/b24-9-. The van der Waals surface area contributed by atoms with E-state index < -0.39 is 11.9 Å². The van der Waals surface area contributed by atoms with Crippen molar-refractivity contribution in [1.29, 1.82) is 0 Å². The van der Waals surface area contributed by atoms with Gasteiger partial charge in [-0.25, -0.2) is 10.2 Å². The molecular weight excluding hydrogens is 588 g/mol. The molecule has 0 atom stereocenters. The summed E-state index contributed by atoms with van der Waals surface area (Å²) in [6.07, 6.45) is 1.41. The van der Waals surface area contributed by atoms with Gasteiger partial charge in [-0.3, -0.25) is 4.79 Å². The average Bonchev–Trinajstić information content (AvgIpc) is 3.12. The van der Waals surface area contributed by atoms with Crippen LogP contribution in [-0.2, 0) is 9.53 Å². The number of furan rings is 1. The fraction of sp³-hybridized carbons (Fsp3) is 0.150. The molecule has 0 aliphatic carbocycles. The fourth-order valence-corrected chi connectivity index (χ4v) is 4.21. The van der Waals surface area contributed by atoms with Crippen LogP contribution in [0.2, 0.25) is 0 Å². The van der Waals surface area contributed by atoms with Crippen molar-refractivity contribution in [3.05, 3.63) is 61.1 Å². The van der Waals surface area contributed by atoms with E-state index in [0.29, 0.717) is 16.9 Å². The van der Waals surface area contributed by atoms with Crippen LogP contribution in [0.3, 0.4) is 0 Å². The summed E-state index contributed by atoms with van der Waals surface area (Å²) in [5, 5.41) is 4.74. The van der Waals surface area contributed by atoms with E-state index in [2.05, 4.69) is 58.3 Å². The molecular formula is C20H15Br3N2O5. The Hall–Kier alpha value is -2.17. The first kappa shape index (κ1) is 22.5. The quantitative estimate of drug-likeness (QED) is 0.221. The number of hydrazone groups is 1. The van der Waals surface area contributed by atoms with Crippen molar-refractivity contribution in [2.45, 2.75) is 6.92 Å². The highest BCUT2D eigenvalue weighted by Gasteiger charge is 2.14. The van der Waals surface area contributed by atoms with Crippen LogP contribution in [0.4, 0.5) is 0 Å². The number of esters is 1. The molecule has 0 saturated carbocycles. The second-order valence-electron chi connectivity index (χ2n) is 5.89. The van der Waals surface area contributed by atoms with Gasteiger partial charge in [-0.1, -0.05) is 31.9 Å². The predicted octanol–water partition coefficient (Wildman–Crippen LogP) is 5.43. The van der Waals surface area contributed by atoms with Crippen LogP contribution in [0.5, 0.6) is 5.75 Å². The van der Waals surface area contributed by atoms with Crippen molar-refractivity contribution in [2.75, 3.05) is 13.2 Å². The number of fused-ring (bicyclic) bond motifs is 1. The van der Waals surface area contributed by atoms with Crippen LogP contribution >= 0.6 is 47.8 Å². The van der Waals surface area contributed by atoms with Gasteiger partial charge in [0.25, 0.3) is 0 Å². The Morgan fingerprint density at radius 1 is 1.13 bits per heavy atom.